The van der Waals surface area contributed by atoms with Gasteiger partial charge in [-0.05, 0) is 38.1 Å². The molecule has 5 heteroatoms. The lowest BCUT2D eigenvalue weighted by atomic mass is 10.1. The lowest BCUT2D eigenvalue weighted by Gasteiger charge is -2.24. The van der Waals surface area contributed by atoms with Crippen molar-refractivity contribution in [1.29, 1.82) is 0 Å². The number of aromatic carboxylic acids is 1. The second-order valence-corrected chi connectivity index (χ2v) is 5.45. The molecule has 1 aromatic rings. The number of carboxylic acids is 1. The van der Waals surface area contributed by atoms with Crippen molar-refractivity contribution in [2.75, 3.05) is 31.2 Å². The van der Waals surface area contributed by atoms with Crippen LogP contribution in [-0.4, -0.2) is 42.2 Å². The molecule has 0 aliphatic heterocycles. The quantitative estimate of drug-likeness (QED) is 0.695. The zero-order valence-corrected chi connectivity index (χ0v) is 11.9. The number of hydrogen-bond acceptors (Lipinski definition) is 4. The van der Waals surface area contributed by atoms with Gasteiger partial charge in [-0.1, -0.05) is 12.8 Å². The molecule has 0 radical (unpaired) electrons. The minimum absolute atomic E-state index is 0.152. The van der Waals surface area contributed by atoms with Gasteiger partial charge in [-0.2, -0.15) is 0 Å². The van der Waals surface area contributed by atoms with E-state index in [2.05, 4.69) is 17.3 Å². The second-order valence-electron chi connectivity index (χ2n) is 5.45. The van der Waals surface area contributed by atoms with Crippen LogP contribution < -0.4 is 11.1 Å². The van der Waals surface area contributed by atoms with Crippen molar-refractivity contribution in [2.24, 2.45) is 0 Å². The predicted octanol–water partition coefficient (Wildman–Crippen LogP) is 2.25. The van der Waals surface area contributed by atoms with Crippen LogP contribution in [0.25, 0.3) is 0 Å². The maximum absolute atomic E-state index is 11.0. The van der Waals surface area contributed by atoms with Crippen LogP contribution in [0.15, 0.2) is 18.2 Å². The fourth-order valence-corrected chi connectivity index (χ4v) is 2.76. The van der Waals surface area contributed by atoms with Crippen LogP contribution in [0.1, 0.15) is 36.0 Å². The Labute approximate surface area is 119 Å². The van der Waals surface area contributed by atoms with E-state index in [1.165, 1.54) is 25.7 Å². The Bertz CT molecular complexity index is 470. The molecule has 0 amide bonds. The standard InChI is InChI=1S/C15H23N3O2/c1-18(12-4-2-3-5-12)9-8-17-11-6-7-14(16)13(10-11)15(19)20/h6-7,10,12,17H,2-5,8-9,16H2,1H3,(H,19,20). The van der Waals surface area contributed by atoms with Gasteiger partial charge in [0.2, 0.25) is 0 Å². The van der Waals surface area contributed by atoms with Gasteiger partial charge in [0.05, 0.1) is 5.56 Å². The van der Waals surface area contributed by atoms with E-state index in [0.29, 0.717) is 11.7 Å². The zero-order valence-electron chi connectivity index (χ0n) is 11.9. The third kappa shape index (κ3) is 3.63. The topological polar surface area (TPSA) is 78.6 Å². The molecule has 20 heavy (non-hydrogen) atoms. The summed E-state index contributed by atoms with van der Waals surface area (Å²) >= 11 is 0. The summed E-state index contributed by atoms with van der Waals surface area (Å²) in [6, 6.07) is 5.75. The van der Waals surface area contributed by atoms with Crippen LogP contribution in [-0.2, 0) is 0 Å². The summed E-state index contributed by atoms with van der Waals surface area (Å²) in [5, 5.41) is 12.3. The van der Waals surface area contributed by atoms with E-state index in [-0.39, 0.29) is 5.56 Å². The minimum Gasteiger partial charge on any atom is -0.478 e. The summed E-state index contributed by atoms with van der Waals surface area (Å²) in [4.78, 5) is 13.4. The van der Waals surface area contributed by atoms with Crippen molar-refractivity contribution in [3.63, 3.8) is 0 Å². The number of nitrogens with two attached hydrogens (primary N) is 1. The molecule has 0 heterocycles. The largest absolute Gasteiger partial charge is 0.478 e. The first-order chi connectivity index (χ1) is 9.58. The molecule has 0 bridgehead atoms. The number of nitrogens with one attached hydrogen (secondary N) is 1. The molecule has 2 rings (SSSR count). The average molecular weight is 277 g/mol. The number of rotatable bonds is 6. The highest BCUT2D eigenvalue weighted by molar-refractivity contribution is 5.94. The van der Waals surface area contributed by atoms with Crippen molar-refractivity contribution in [2.45, 2.75) is 31.7 Å². The Balaban J connectivity index is 1.84. The van der Waals surface area contributed by atoms with Crippen LogP contribution in [0, 0.1) is 0 Å². The van der Waals surface area contributed by atoms with Crippen molar-refractivity contribution < 1.29 is 9.90 Å². The number of carboxylic acid groups (broad SMARTS) is 1. The van der Waals surface area contributed by atoms with Gasteiger partial charge in [0.15, 0.2) is 0 Å². The van der Waals surface area contributed by atoms with Crippen molar-refractivity contribution in [3.05, 3.63) is 23.8 Å². The maximum Gasteiger partial charge on any atom is 0.337 e. The van der Waals surface area contributed by atoms with Gasteiger partial charge in [0, 0.05) is 30.5 Å². The van der Waals surface area contributed by atoms with Gasteiger partial charge >= 0.3 is 5.97 Å². The number of carbonyl (C=O) groups is 1. The van der Waals surface area contributed by atoms with E-state index in [1.54, 1.807) is 12.1 Å². The van der Waals surface area contributed by atoms with Crippen molar-refractivity contribution >= 4 is 17.3 Å². The van der Waals surface area contributed by atoms with Gasteiger partial charge < -0.3 is 21.1 Å². The van der Waals surface area contributed by atoms with Gasteiger partial charge in [-0.25, -0.2) is 4.79 Å². The zero-order chi connectivity index (χ0) is 14.5. The summed E-state index contributed by atoms with van der Waals surface area (Å²) in [6.45, 7) is 1.76. The summed E-state index contributed by atoms with van der Waals surface area (Å²) in [7, 11) is 2.16. The SMILES string of the molecule is CN(CCNc1ccc(N)c(C(=O)O)c1)C1CCCC1. The molecule has 0 aromatic heterocycles. The Morgan fingerprint density at radius 2 is 2.15 bits per heavy atom. The normalized spacial score (nSPS) is 15.7. The highest BCUT2D eigenvalue weighted by Crippen LogP contribution is 2.22. The first-order valence-corrected chi connectivity index (χ1v) is 7.15. The fraction of sp³-hybridized carbons (Fsp3) is 0.533. The summed E-state index contributed by atoms with van der Waals surface area (Å²) in [5.74, 6) is -0.991. The Morgan fingerprint density at radius 1 is 1.45 bits per heavy atom. The van der Waals surface area contributed by atoms with Crippen molar-refractivity contribution in [1.82, 2.24) is 4.90 Å². The number of benzene rings is 1. The molecule has 5 nitrogen and oxygen atoms in total. The minimum atomic E-state index is -0.991. The molecule has 1 aliphatic rings. The van der Waals surface area contributed by atoms with E-state index in [1.807, 2.05) is 6.07 Å². The Morgan fingerprint density at radius 3 is 2.80 bits per heavy atom. The molecule has 0 saturated heterocycles. The van der Waals surface area contributed by atoms with Gasteiger partial charge in [0.1, 0.15) is 0 Å². The fourth-order valence-electron chi connectivity index (χ4n) is 2.76. The first-order valence-electron chi connectivity index (χ1n) is 7.15. The third-order valence-electron chi connectivity index (χ3n) is 4.03. The van der Waals surface area contributed by atoms with Crippen LogP contribution in [0.3, 0.4) is 0 Å². The molecular formula is C15H23N3O2. The molecule has 0 spiro atoms. The summed E-state index contributed by atoms with van der Waals surface area (Å²) in [5.41, 5.74) is 6.88. The van der Waals surface area contributed by atoms with Crippen LogP contribution in [0.4, 0.5) is 11.4 Å². The molecule has 0 unspecified atom stereocenters. The maximum atomic E-state index is 11.0. The number of hydrogen-bond donors (Lipinski definition) is 3. The Kier molecular flexibility index (Phi) is 4.84. The van der Waals surface area contributed by atoms with Gasteiger partial charge in [0.25, 0.3) is 0 Å². The van der Waals surface area contributed by atoms with Crippen LogP contribution in [0.5, 0.6) is 0 Å². The third-order valence-corrected chi connectivity index (χ3v) is 4.03. The van der Waals surface area contributed by atoms with E-state index < -0.39 is 5.97 Å². The van der Waals surface area contributed by atoms with Crippen molar-refractivity contribution in [3.8, 4) is 0 Å². The second kappa shape index (κ2) is 6.61. The molecule has 1 fully saturated rings. The first kappa shape index (κ1) is 14.7. The van der Waals surface area contributed by atoms with E-state index >= 15 is 0 Å². The molecular weight excluding hydrogens is 254 g/mol. The number of anilines is 2. The monoisotopic (exact) mass is 277 g/mol. The van der Waals surface area contributed by atoms with E-state index in [4.69, 9.17) is 10.8 Å². The molecule has 1 aliphatic carbocycles. The highest BCUT2D eigenvalue weighted by Gasteiger charge is 2.18. The predicted molar refractivity (Wildman–Crippen MR) is 81.2 cm³/mol. The summed E-state index contributed by atoms with van der Waals surface area (Å²) < 4.78 is 0. The van der Waals surface area contributed by atoms with Crippen LogP contribution in [0.2, 0.25) is 0 Å². The molecule has 110 valence electrons. The molecule has 0 atom stereocenters. The summed E-state index contributed by atoms with van der Waals surface area (Å²) in [6.07, 6.45) is 5.26. The highest BCUT2D eigenvalue weighted by atomic mass is 16.4. The van der Waals surface area contributed by atoms with E-state index in [9.17, 15) is 4.79 Å². The average Bonchev–Trinajstić information content (AvgIpc) is 2.94. The molecule has 1 saturated carbocycles. The van der Waals surface area contributed by atoms with E-state index in [0.717, 1.165) is 18.8 Å². The lowest BCUT2D eigenvalue weighted by molar-refractivity contribution is 0.0698. The van der Waals surface area contributed by atoms with Crippen LogP contribution >= 0.6 is 0 Å². The van der Waals surface area contributed by atoms with Gasteiger partial charge in [-0.15, -0.1) is 0 Å². The lowest BCUT2D eigenvalue weighted by Crippen LogP contribution is -2.33. The number of nitrogen functional groups attached to an aromatic ring is 1. The smallest absolute Gasteiger partial charge is 0.337 e. The number of likely N-dealkylation sites (N-methyl/N-ethyl adjacent to an activating group) is 1. The Hall–Kier alpha value is -1.75. The molecule has 1 aromatic carbocycles. The van der Waals surface area contributed by atoms with Gasteiger partial charge in [-0.3, -0.25) is 0 Å². The molecule has 4 N–H and O–H groups in total. The number of nitrogens with zero attached hydrogens (tertiary/aromatic N) is 1.